The predicted molar refractivity (Wildman–Crippen MR) is 70.1 cm³/mol. The van der Waals surface area contributed by atoms with Crippen LogP contribution in [0.3, 0.4) is 0 Å². The molecule has 1 aliphatic heterocycles. The number of piperazine rings is 1. The van der Waals surface area contributed by atoms with Gasteiger partial charge in [0, 0.05) is 44.8 Å². The van der Waals surface area contributed by atoms with Crippen molar-refractivity contribution in [2.24, 2.45) is 0 Å². The molecule has 1 aliphatic rings. The molecule has 106 valence electrons. The lowest BCUT2D eigenvalue weighted by atomic mass is 10.4. The van der Waals surface area contributed by atoms with Crippen molar-refractivity contribution in [1.29, 1.82) is 0 Å². The summed E-state index contributed by atoms with van der Waals surface area (Å²) in [6, 6.07) is 0.994. The molecule has 0 radical (unpaired) electrons. The third-order valence-corrected chi connectivity index (χ3v) is 5.08. The summed E-state index contributed by atoms with van der Waals surface area (Å²) in [5.41, 5.74) is 0. The molecule has 0 amide bonds. The molecule has 0 aromatic carbocycles. The smallest absolute Gasteiger partial charge is 0.244 e. The van der Waals surface area contributed by atoms with Crippen molar-refractivity contribution in [3.63, 3.8) is 0 Å². The molecule has 5 nitrogen and oxygen atoms in total. The molecule has 1 aromatic heterocycles. The van der Waals surface area contributed by atoms with E-state index in [1.807, 2.05) is 0 Å². The van der Waals surface area contributed by atoms with E-state index in [0.29, 0.717) is 32.1 Å². The van der Waals surface area contributed by atoms with Crippen molar-refractivity contribution in [1.82, 2.24) is 14.2 Å². The number of rotatable bonds is 4. The zero-order valence-corrected chi connectivity index (χ0v) is 11.9. The van der Waals surface area contributed by atoms with Gasteiger partial charge in [-0.3, -0.25) is 9.88 Å². The van der Waals surface area contributed by atoms with Crippen molar-refractivity contribution in [3.05, 3.63) is 24.3 Å². The van der Waals surface area contributed by atoms with Crippen LogP contribution in [-0.4, -0.2) is 61.2 Å². The Balaban J connectivity index is 2.10. The molecule has 1 fully saturated rings. The number of hydrogen-bond acceptors (Lipinski definition) is 4. The minimum Gasteiger partial charge on any atom is -0.300 e. The topological polar surface area (TPSA) is 53.5 Å². The van der Waals surface area contributed by atoms with Crippen LogP contribution in [0.5, 0.6) is 0 Å². The first-order chi connectivity index (χ1) is 9.04. The minimum atomic E-state index is -3.65. The first kappa shape index (κ1) is 14.6. The molecule has 19 heavy (non-hydrogen) atoms. The summed E-state index contributed by atoms with van der Waals surface area (Å²) in [6.07, 6.45) is 2.15. The highest BCUT2D eigenvalue weighted by molar-refractivity contribution is 7.89. The maximum absolute atomic E-state index is 13.1. The summed E-state index contributed by atoms with van der Waals surface area (Å²) in [5.74, 6) is -0.123. The second-order valence-corrected chi connectivity index (χ2v) is 6.59. The van der Waals surface area contributed by atoms with Crippen LogP contribution in [0.4, 0.5) is 4.39 Å². The van der Waals surface area contributed by atoms with Crippen LogP contribution in [0.2, 0.25) is 0 Å². The molecule has 0 N–H and O–H groups in total. The monoisotopic (exact) mass is 307 g/mol. The maximum atomic E-state index is 13.1. The second kappa shape index (κ2) is 6.13. The number of nitrogens with zero attached hydrogens (tertiary/aromatic N) is 3. The summed E-state index contributed by atoms with van der Waals surface area (Å²) in [6.45, 7) is 2.78. The van der Waals surface area contributed by atoms with Crippen molar-refractivity contribution in [3.8, 4) is 0 Å². The molecule has 0 bridgehead atoms. The molecule has 1 aromatic rings. The fourth-order valence-electron chi connectivity index (χ4n) is 2.00. The predicted octanol–water partition coefficient (Wildman–Crippen LogP) is 0.766. The van der Waals surface area contributed by atoms with Crippen molar-refractivity contribution < 1.29 is 12.8 Å². The Kier molecular flexibility index (Phi) is 4.72. The molecule has 0 spiro atoms. The van der Waals surface area contributed by atoms with Gasteiger partial charge in [-0.25, -0.2) is 12.8 Å². The van der Waals surface area contributed by atoms with Gasteiger partial charge in [-0.05, 0) is 6.07 Å². The number of halogens is 2. The lowest BCUT2D eigenvalue weighted by molar-refractivity contribution is 0.197. The van der Waals surface area contributed by atoms with Crippen LogP contribution in [0.15, 0.2) is 23.4 Å². The number of hydrogen-bond donors (Lipinski definition) is 0. The van der Waals surface area contributed by atoms with Crippen molar-refractivity contribution in [2.45, 2.75) is 4.90 Å². The molecule has 0 atom stereocenters. The Morgan fingerprint density at radius 3 is 2.53 bits per heavy atom. The van der Waals surface area contributed by atoms with Crippen LogP contribution in [-0.2, 0) is 10.0 Å². The number of pyridine rings is 1. The Morgan fingerprint density at radius 2 is 1.95 bits per heavy atom. The van der Waals surface area contributed by atoms with Gasteiger partial charge in [0.1, 0.15) is 10.7 Å². The van der Waals surface area contributed by atoms with E-state index in [-0.39, 0.29) is 4.90 Å². The summed E-state index contributed by atoms with van der Waals surface area (Å²) < 4.78 is 39.0. The molecule has 8 heteroatoms. The quantitative estimate of drug-likeness (QED) is 0.771. The highest BCUT2D eigenvalue weighted by Crippen LogP contribution is 2.17. The lowest BCUT2D eigenvalue weighted by Crippen LogP contribution is -2.49. The number of alkyl halides is 1. The molecular formula is C11H15ClFN3O2S. The average molecular weight is 308 g/mol. The molecule has 1 saturated heterocycles. The van der Waals surface area contributed by atoms with E-state index in [2.05, 4.69) is 9.88 Å². The van der Waals surface area contributed by atoms with E-state index < -0.39 is 15.8 Å². The van der Waals surface area contributed by atoms with Gasteiger partial charge in [0.05, 0.1) is 6.20 Å². The van der Waals surface area contributed by atoms with Crippen LogP contribution >= 0.6 is 11.6 Å². The van der Waals surface area contributed by atoms with E-state index in [1.165, 1.54) is 10.5 Å². The first-order valence-corrected chi connectivity index (χ1v) is 7.90. The fraction of sp³-hybridized carbons (Fsp3) is 0.545. The van der Waals surface area contributed by atoms with Gasteiger partial charge in [-0.1, -0.05) is 0 Å². The second-order valence-electron chi connectivity index (χ2n) is 4.27. The van der Waals surface area contributed by atoms with E-state index in [9.17, 15) is 12.8 Å². The maximum Gasteiger partial charge on any atom is 0.244 e. The molecule has 2 heterocycles. The Morgan fingerprint density at radius 1 is 1.26 bits per heavy atom. The SMILES string of the molecule is O=S(=O)(c1cncc(F)c1)N1CCN(CCCl)CC1. The van der Waals surface area contributed by atoms with Gasteiger partial charge in [0.25, 0.3) is 0 Å². The summed E-state index contributed by atoms with van der Waals surface area (Å²) in [5, 5.41) is 0. The number of sulfonamides is 1. The third kappa shape index (κ3) is 3.42. The average Bonchev–Trinajstić information content (AvgIpc) is 2.40. The van der Waals surface area contributed by atoms with Gasteiger partial charge in [-0.2, -0.15) is 4.31 Å². The Labute approximate surface area is 117 Å². The van der Waals surface area contributed by atoms with E-state index in [4.69, 9.17) is 11.6 Å². The van der Waals surface area contributed by atoms with E-state index in [0.717, 1.165) is 18.8 Å². The van der Waals surface area contributed by atoms with Gasteiger partial charge >= 0.3 is 0 Å². The van der Waals surface area contributed by atoms with Gasteiger partial charge in [0.2, 0.25) is 10.0 Å². The van der Waals surface area contributed by atoms with E-state index in [1.54, 1.807) is 0 Å². The Hall–Kier alpha value is -0.760. The molecule has 0 saturated carbocycles. The normalized spacial score (nSPS) is 18.6. The standard InChI is InChI=1S/C11H15ClFN3O2S/c12-1-2-15-3-5-16(6-4-15)19(17,18)11-7-10(13)8-14-9-11/h7-9H,1-6H2. The van der Waals surface area contributed by atoms with Crippen molar-refractivity contribution >= 4 is 21.6 Å². The fourth-order valence-corrected chi connectivity index (χ4v) is 3.63. The zero-order chi connectivity index (χ0) is 13.9. The van der Waals surface area contributed by atoms with Crippen LogP contribution in [0.25, 0.3) is 0 Å². The number of aromatic nitrogens is 1. The summed E-state index contributed by atoms with van der Waals surface area (Å²) >= 11 is 5.65. The van der Waals surface area contributed by atoms with Gasteiger partial charge in [-0.15, -0.1) is 11.6 Å². The first-order valence-electron chi connectivity index (χ1n) is 5.93. The summed E-state index contributed by atoms with van der Waals surface area (Å²) in [7, 11) is -3.65. The lowest BCUT2D eigenvalue weighted by Gasteiger charge is -2.33. The largest absolute Gasteiger partial charge is 0.300 e. The molecular weight excluding hydrogens is 293 g/mol. The van der Waals surface area contributed by atoms with Crippen molar-refractivity contribution in [2.75, 3.05) is 38.6 Å². The van der Waals surface area contributed by atoms with Gasteiger partial charge < -0.3 is 0 Å². The van der Waals surface area contributed by atoms with Gasteiger partial charge in [0.15, 0.2) is 0 Å². The minimum absolute atomic E-state index is 0.0988. The van der Waals surface area contributed by atoms with Crippen LogP contribution in [0.1, 0.15) is 0 Å². The highest BCUT2D eigenvalue weighted by Gasteiger charge is 2.28. The molecule has 0 aliphatic carbocycles. The third-order valence-electron chi connectivity index (χ3n) is 3.05. The summed E-state index contributed by atoms with van der Waals surface area (Å²) in [4.78, 5) is 5.58. The molecule has 0 unspecified atom stereocenters. The zero-order valence-electron chi connectivity index (χ0n) is 10.3. The Bertz CT molecular complexity index is 532. The molecule has 2 rings (SSSR count). The van der Waals surface area contributed by atoms with E-state index >= 15 is 0 Å². The highest BCUT2D eigenvalue weighted by atomic mass is 35.5. The van der Waals surface area contributed by atoms with Crippen LogP contribution in [0, 0.1) is 5.82 Å². The van der Waals surface area contributed by atoms with Crippen LogP contribution < -0.4 is 0 Å².